The molecule has 1 fully saturated rings. The van der Waals surface area contributed by atoms with Crippen LogP contribution in [0.1, 0.15) is 27.7 Å². The first-order chi connectivity index (χ1) is 10.6. The molecule has 0 aliphatic carbocycles. The van der Waals surface area contributed by atoms with Crippen molar-refractivity contribution in [3.05, 3.63) is 18.3 Å². The van der Waals surface area contributed by atoms with Crippen LogP contribution in [0.2, 0.25) is 0 Å². The van der Waals surface area contributed by atoms with Gasteiger partial charge in [-0.1, -0.05) is 0 Å². The van der Waals surface area contributed by atoms with Crippen molar-refractivity contribution in [2.24, 2.45) is 7.05 Å². The van der Waals surface area contributed by atoms with E-state index in [1.54, 1.807) is 24.0 Å². The fraction of sp³-hybridized carbons (Fsp3) is 0.533. The predicted molar refractivity (Wildman–Crippen MR) is 83.1 cm³/mol. The van der Waals surface area contributed by atoms with Gasteiger partial charge >= 0.3 is 13.7 Å². The maximum atomic E-state index is 12.8. The maximum Gasteiger partial charge on any atom is 0.498 e. The molecular weight excluding hydrogens is 305 g/mol. The minimum atomic E-state index is -2.93. The summed E-state index contributed by atoms with van der Waals surface area (Å²) < 4.78 is 43.7. The Morgan fingerprint density at radius 1 is 1.17 bits per heavy atom. The van der Waals surface area contributed by atoms with Gasteiger partial charge < -0.3 is 14.0 Å². The van der Waals surface area contributed by atoms with Crippen molar-refractivity contribution < 1.29 is 22.8 Å². The Balaban J connectivity index is 2.08. The number of rotatable bonds is 3. The molecule has 1 aliphatic rings. The number of ether oxygens (including phenoxy) is 1. The van der Waals surface area contributed by atoms with E-state index >= 15 is 0 Å². The first-order valence-electron chi connectivity index (χ1n) is 7.37. The van der Waals surface area contributed by atoms with Crippen molar-refractivity contribution in [3.63, 3.8) is 0 Å². The van der Waals surface area contributed by atoms with Crippen LogP contribution in [0.25, 0.3) is 10.9 Å². The molecule has 0 radical (unpaired) electrons. The minimum Gasteiger partial charge on any atom is -0.435 e. The molecule has 2 heterocycles. The van der Waals surface area contributed by atoms with E-state index in [1.807, 2.05) is 27.7 Å². The summed E-state index contributed by atoms with van der Waals surface area (Å²) in [5, 5.41) is 5.02. The average Bonchev–Trinajstić information content (AvgIpc) is 2.83. The van der Waals surface area contributed by atoms with E-state index in [1.165, 1.54) is 6.07 Å². The third-order valence-electron chi connectivity index (χ3n) is 4.47. The van der Waals surface area contributed by atoms with Gasteiger partial charge in [0.15, 0.2) is 0 Å². The Labute approximate surface area is 133 Å². The van der Waals surface area contributed by atoms with Crippen LogP contribution < -0.4 is 10.2 Å². The van der Waals surface area contributed by atoms with Gasteiger partial charge in [-0.05, 0) is 33.8 Å². The first kappa shape index (κ1) is 16.2. The lowest BCUT2D eigenvalue weighted by Gasteiger charge is -2.32. The zero-order chi connectivity index (χ0) is 17.0. The van der Waals surface area contributed by atoms with Crippen LogP contribution in [0.15, 0.2) is 18.3 Å². The molecule has 1 saturated heterocycles. The van der Waals surface area contributed by atoms with Gasteiger partial charge in [-0.2, -0.15) is 13.9 Å². The molecule has 0 spiro atoms. The number of benzene rings is 1. The Hall–Kier alpha value is -1.67. The van der Waals surface area contributed by atoms with Gasteiger partial charge in [-0.25, -0.2) is 0 Å². The van der Waals surface area contributed by atoms with E-state index < -0.39 is 24.9 Å². The highest BCUT2D eigenvalue weighted by Gasteiger charge is 2.52. The Morgan fingerprint density at radius 3 is 2.35 bits per heavy atom. The molecule has 3 rings (SSSR count). The lowest BCUT2D eigenvalue weighted by atomic mass is 9.78. The molecular formula is C15H19BF2N2O3. The third kappa shape index (κ3) is 2.81. The Kier molecular flexibility index (Phi) is 3.64. The second-order valence-corrected chi connectivity index (χ2v) is 6.72. The predicted octanol–water partition coefficient (Wildman–Crippen LogP) is 2.47. The van der Waals surface area contributed by atoms with E-state index in [4.69, 9.17) is 9.31 Å². The molecule has 8 heteroatoms. The minimum absolute atomic E-state index is 0.0182. The number of fused-ring (bicyclic) bond motifs is 1. The largest absolute Gasteiger partial charge is 0.498 e. The van der Waals surface area contributed by atoms with Crippen molar-refractivity contribution in [1.82, 2.24) is 9.78 Å². The summed E-state index contributed by atoms with van der Waals surface area (Å²) in [7, 11) is 0.987. The van der Waals surface area contributed by atoms with Crippen LogP contribution in [-0.2, 0) is 16.4 Å². The number of nitrogens with zero attached hydrogens (tertiary/aromatic N) is 2. The molecule has 0 N–H and O–H groups in total. The molecule has 0 saturated carbocycles. The third-order valence-corrected chi connectivity index (χ3v) is 4.47. The zero-order valence-electron chi connectivity index (χ0n) is 13.8. The summed E-state index contributed by atoms with van der Waals surface area (Å²) in [5.41, 5.74) is -0.124. The van der Waals surface area contributed by atoms with Crippen molar-refractivity contribution in [1.29, 1.82) is 0 Å². The molecule has 2 aromatic rings. The van der Waals surface area contributed by atoms with Crippen molar-refractivity contribution in [2.75, 3.05) is 0 Å². The lowest BCUT2D eigenvalue weighted by Crippen LogP contribution is -2.41. The molecule has 1 aliphatic heterocycles. The number of aryl methyl sites for hydroxylation is 1. The number of alkyl halides is 2. The van der Waals surface area contributed by atoms with E-state index in [0.29, 0.717) is 11.0 Å². The van der Waals surface area contributed by atoms with E-state index in [0.717, 1.165) is 5.39 Å². The van der Waals surface area contributed by atoms with Gasteiger partial charge in [0.2, 0.25) is 0 Å². The molecule has 23 heavy (non-hydrogen) atoms. The molecule has 0 amide bonds. The first-order valence-corrected chi connectivity index (χ1v) is 7.37. The summed E-state index contributed by atoms with van der Waals surface area (Å²) in [6.07, 6.45) is 1.80. The number of hydrogen-bond donors (Lipinski definition) is 0. The smallest absolute Gasteiger partial charge is 0.435 e. The fourth-order valence-electron chi connectivity index (χ4n) is 2.55. The van der Waals surface area contributed by atoms with Gasteiger partial charge in [0.25, 0.3) is 0 Å². The lowest BCUT2D eigenvalue weighted by molar-refractivity contribution is -0.0491. The summed E-state index contributed by atoms with van der Waals surface area (Å²) in [5.74, 6) is 0.0182. The summed E-state index contributed by atoms with van der Waals surface area (Å²) >= 11 is 0. The van der Waals surface area contributed by atoms with Crippen LogP contribution in [-0.4, -0.2) is 34.7 Å². The van der Waals surface area contributed by atoms with Crippen molar-refractivity contribution >= 4 is 23.5 Å². The summed E-state index contributed by atoms with van der Waals surface area (Å²) in [4.78, 5) is 0. The highest BCUT2D eigenvalue weighted by atomic mass is 19.3. The van der Waals surface area contributed by atoms with Gasteiger partial charge in [0, 0.05) is 30.2 Å². The van der Waals surface area contributed by atoms with E-state index in [-0.39, 0.29) is 5.75 Å². The number of halogens is 2. The van der Waals surface area contributed by atoms with Crippen molar-refractivity contribution in [3.8, 4) is 5.75 Å². The normalized spacial score (nSPS) is 19.7. The molecule has 0 bridgehead atoms. The monoisotopic (exact) mass is 324 g/mol. The second-order valence-electron chi connectivity index (χ2n) is 6.72. The van der Waals surface area contributed by atoms with E-state index in [2.05, 4.69) is 9.84 Å². The van der Waals surface area contributed by atoms with Crippen LogP contribution in [0.5, 0.6) is 5.75 Å². The zero-order valence-corrected chi connectivity index (χ0v) is 13.8. The van der Waals surface area contributed by atoms with Crippen molar-refractivity contribution in [2.45, 2.75) is 45.5 Å². The van der Waals surface area contributed by atoms with Gasteiger partial charge in [0.05, 0.1) is 16.7 Å². The molecule has 5 nitrogen and oxygen atoms in total. The SMILES string of the molecule is Cn1cc2cc(B3OC(C)(C)C(C)(C)O3)c(OC(F)F)cc2n1. The number of hydrogen-bond acceptors (Lipinski definition) is 4. The highest BCUT2D eigenvalue weighted by Crippen LogP contribution is 2.37. The van der Waals surface area contributed by atoms with Crippen LogP contribution in [0.3, 0.4) is 0 Å². The van der Waals surface area contributed by atoms with Gasteiger partial charge in [-0.3, -0.25) is 4.68 Å². The molecule has 1 aromatic carbocycles. The molecule has 0 atom stereocenters. The topological polar surface area (TPSA) is 45.5 Å². The maximum absolute atomic E-state index is 12.8. The number of aromatic nitrogens is 2. The molecule has 0 unspecified atom stereocenters. The average molecular weight is 324 g/mol. The van der Waals surface area contributed by atoms with Crippen LogP contribution in [0, 0.1) is 0 Å². The fourth-order valence-corrected chi connectivity index (χ4v) is 2.55. The van der Waals surface area contributed by atoms with Crippen LogP contribution >= 0.6 is 0 Å². The Bertz CT molecular complexity index is 730. The molecule has 1 aromatic heterocycles. The standard InChI is InChI=1S/C15H19BF2N2O3/c1-14(2)15(3,4)23-16(22-14)10-6-9-8-20(5)19-11(9)7-12(10)21-13(17)18/h6-8,13H,1-5H3. The second kappa shape index (κ2) is 5.17. The van der Waals surface area contributed by atoms with E-state index in [9.17, 15) is 8.78 Å². The summed E-state index contributed by atoms with van der Waals surface area (Å²) in [6, 6.07) is 3.21. The molecule has 124 valence electrons. The highest BCUT2D eigenvalue weighted by molar-refractivity contribution is 6.63. The quantitative estimate of drug-likeness (QED) is 0.814. The summed E-state index contributed by atoms with van der Waals surface area (Å²) in [6.45, 7) is 4.69. The van der Waals surface area contributed by atoms with Crippen LogP contribution in [0.4, 0.5) is 8.78 Å². The Morgan fingerprint density at radius 2 is 1.78 bits per heavy atom. The van der Waals surface area contributed by atoms with Gasteiger partial charge in [-0.15, -0.1) is 0 Å². The van der Waals surface area contributed by atoms with Gasteiger partial charge in [0.1, 0.15) is 5.75 Å².